The molecule has 1 aliphatic heterocycles. The zero-order chi connectivity index (χ0) is 29.0. The van der Waals surface area contributed by atoms with Gasteiger partial charge in [0.2, 0.25) is 0 Å². The van der Waals surface area contributed by atoms with E-state index in [0.717, 1.165) is 63.1 Å². The van der Waals surface area contributed by atoms with Gasteiger partial charge in [0.05, 0.1) is 43.8 Å². The molecule has 0 atom stereocenters. The number of aromatic nitrogens is 1. The first-order valence-corrected chi connectivity index (χ1v) is 14.4. The summed E-state index contributed by atoms with van der Waals surface area (Å²) in [5.41, 5.74) is 2.54. The predicted molar refractivity (Wildman–Crippen MR) is 158 cm³/mol. The van der Waals surface area contributed by atoms with Crippen LogP contribution in [-0.2, 0) is 11.3 Å². The molecule has 0 spiro atoms. The van der Waals surface area contributed by atoms with Gasteiger partial charge in [0.15, 0.2) is 0 Å². The fraction of sp³-hybridized carbons (Fsp3) is 0.484. The number of benzene rings is 2. The third-order valence-electron chi connectivity index (χ3n) is 8.23. The van der Waals surface area contributed by atoms with Crippen molar-refractivity contribution in [3.8, 4) is 17.6 Å². The zero-order valence-electron chi connectivity index (χ0n) is 23.4. The average molecular weight is 589 g/mol. The second kappa shape index (κ2) is 12.4. The molecule has 2 fully saturated rings. The van der Waals surface area contributed by atoms with Crippen LogP contribution in [0.5, 0.6) is 5.75 Å². The third-order valence-corrected chi connectivity index (χ3v) is 8.46. The molecule has 2 heterocycles. The smallest absolute Gasteiger partial charge is 0.406 e. The first-order chi connectivity index (χ1) is 19.6. The van der Waals surface area contributed by atoms with Gasteiger partial charge in [0.1, 0.15) is 12.3 Å². The normalized spacial score (nSPS) is 21.8. The quantitative estimate of drug-likeness (QED) is 0.298. The number of nitrogens with zero attached hydrogens (tertiary/aromatic N) is 2. The molecule has 0 unspecified atom stereocenters. The standard InChI is InChI=1S/C31H36ClF3N4O2/c1-30(38-15-17-41-18-16-38)12-10-23(11-13-30)37-26-6-3-7-28-25(26)20-24(39(28)21-31(33,34)35)5-4-14-36-27-9-8-22(32)19-29(27)40-2/h3,6-9,19-20,23,36-37H,10-18,21H2,1-2H3. The monoisotopic (exact) mass is 588 g/mol. The first-order valence-electron chi connectivity index (χ1n) is 14.0. The van der Waals surface area contributed by atoms with Crippen LogP contribution in [0.3, 0.4) is 0 Å². The molecule has 220 valence electrons. The van der Waals surface area contributed by atoms with Gasteiger partial charge in [-0.15, -0.1) is 0 Å². The van der Waals surface area contributed by atoms with Crippen molar-refractivity contribution in [2.75, 3.05) is 50.6 Å². The lowest BCUT2D eigenvalue weighted by Crippen LogP contribution is -2.54. The lowest BCUT2D eigenvalue weighted by atomic mass is 9.79. The third kappa shape index (κ3) is 7.06. The van der Waals surface area contributed by atoms with Crippen molar-refractivity contribution in [3.05, 3.63) is 53.2 Å². The van der Waals surface area contributed by atoms with Crippen molar-refractivity contribution < 1.29 is 22.6 Å². The summed E-state index contributed by atoms with van der Waals surface area (Å²) >= 11 is 6.02. The molecule has 2 aromatic carbocycles. The molecular formula is C31H36ClF3N4O2. The van der Waals surface area contributed by atoms with Crippen molar-refractivity contribution in [3.63, 3.8) is 0 Å². The number of anilines is 2. The number of nitrogens with one attached hydrogen (secondary N) is 2. The summed E-state index contributed by atoms with van der Waals surface area (Å²) in [4.78, 5) is 2.55. The molecular weight excluding hydrogens is 553 g/mol. The van der Waals surface area contributed by atoms with Crippen molar-refractivity contribution in [1.82, 2.24) is 9.47 Å². The van der Waals surface area contributed by atoms with Gasteiger partial charge in [-0.05, 0) is 68.9 Å². The van der Waals surface area contributed by atoms with E-state index in [9.17, 15) is 13.2 Å². The molecule has 6 nitrogen and oxygen atoms in total. The summed E-state index contributed by atoms with van der Waals surface area (Å²) in [6.45, 7) is 4.95. The summed E-state index contributed by atoms with van der Waals surface area (Å²) in [6.07, 6.45) is -0.246. The average Bonchev–Trinajstić information content (AvgIpc) is 3.30. The SMILES string of the molecule is COc1cc(Cl)ccc1NCC#Cc1cc2c(NC3CCC(C)(N4CCOCC4)CC3)cccc2n1CC(F)(F)F. The van der Waals surface area contributed by atoms with E-state index in [4.69, 9.17) is 21.1 Å². The van der Waals surface area contributed by atoms with Gasteiger partial charge in [0, 0.05) is 46.8 Å². The first kappa shape index (κ1) is 29.4. The minimum Gasteiger partial charge on any atom is -0.495 e. The van der Waals surface area contributed by atoms with Crippen LogP contribution < -0.4 is 15.4 Å². The van der Waals surface area contributed by atoms with Crippen LogP contribution >= 0.6 is 11.6 Å². The number of hydrogen-bond donors (Lipinski definition) is 2. The van der Waals surface area contributed by atoms with Crippen LogP contribution in [0.1, 0.15) is 38.3 Å². The number of fused-ring (bicyclic) bond motifs is 1. The van der Waals surface area contributed by atoms with Gasteiger partial charge in [-0.3, -0.25) is 4.90 Å². The molecule has 5 rings (SSSR count). The fourth-order valence-corrected chi connectivity index (χ4v) is 6.13. The van der Waals surface area contributed by atoms with Crippen LogP contribution in [0.25, 0.3) is 10.9 Å². The number of alkyl halides is 3. The van der Waals surface area contributed by atoms with E-state index < -0.39 is 12.7 Å². The highest BCUT2D eigenvalue weighted by Crippen LogP contribution is 2.37. The molecule has 0 amide bonds. The van der Waals surface area contributed by atoms with Crippen LogP contribution in [0.15, 0.2) is 42.5 Å². The largest absolute Gasteiger partial charge is 0.495 e. The minimum atomic E-state index is -4.38. The second-order valence-electron chi connectivity index (χ2n) is 11.0. The van der Waals surface area contributed by atoms with Gasteiger partial charge >= 0.3 is 6.18 Å². The molecule has 0 bridgehead atoms. The van der Waals surface area contributed by atoms with Gasteiger partial charge in [-0.2, -0.15) is 13.2 Å². The van der Waals surface area contributed by atoms with Crippen LogP contribution in [0.2, 0.25) is 5.02 Å². The highest BCUT2D eigenvalue weighted by molar-refractivity contribution is 6.30. The molecule has 2 aliphatic rings. The van der Waals surface area contributed by atoms with Gasteiger partial charge in [0.25, 0.3) is 0 Å². The number of hydrogen-bond acceptors (Lipinski definition) is 5. The molecule has 0 radical (unpaired) electrons. The summed E-state index contributed by atoms with van der Waals surface area (Å²) in [5.74, 6) is 6.50. The number of halogens is 4. The summed E-state index contributed by atoms with van der Waals surface area (Å²) in [6, 6.07) is 12.7. The summed E-state index contributed by atoms with van der Waals surface area (Å²) in [5, 5.41) is 8.08. The Morgan fingerprint density at radius 1 is 1.10 bits per heavy atom. The van der Waals surface area contributed by atoms with E-state index in [2.05, 4.69) is 34.3 Å². The molecule has 2 N–H and O–H groups in total. The maximum atomic E-state index is 13.6. The van der Waals surface area contributed by atoms with E-state index in [-0.39, 0.29) is 18.1 Å². The molecule has 1 aliphatic carbocycles. The predicted octanol–water partition coefficient (Wildman–Crippen LogP) is 6.77. The van der Waals surface area contributed by atoms with E-state index in [1.807, 2.05) is 12.1 Å². The minimum absolute atomic E-state index is 0.164. The lowest BCUT2D eigenvalue weighted by Gasteiger charge is -2.47. The van der Waals surface area contributed by atoms with Gasteiger partial charge in [-0.1, -0.05) is 23.6 Å². The molecule has 1 aromatic heterocycles. The fourth-order valence-electron chi connectivity index (χ4n) is 5.97. The van der Waals surface area contributed by atoms with Crippen molar-refractivity contribution in [2.45, 2.75) is 56.9 Å². The Morgan fingerprint density at radius 3 is 2.56 bits per heavy atom. The van der Waals surface area contributed by atoms with Crippen LogP contribution in [0, 0.1) is 11.8 Å². The summed E-state index contributed by atoms with van der Waals surface area (Å²) < 4.78 is 53.0. The van der Waals surface area contributed by atoms with Gasteiger partial charge < -0.3 is 24.7 Å². The Balaban J connectivity index is 1.33. The molecule has 3 aromatic rings. The van der Waals surface area contributed by atoms with Gasteiger partial charge in [-0.25, -0.2) is 0 Å². The number of methoxy groups -OCH3 is 1. The van der Waals surface area contributed by atoms with E-state index >= 15 is 0 Å². The van der Waals surface area contributed by atoms with E-state index in [1.54, 1.807) is 37.4 Å². The maximum Gasteiger partial charge on any atom is 0.406 e. The van der Waals surface area contributed by atoms with Crippen LogP contribution in [0.4, 0.5) is 24.5 Å². The highest BCUT2D eigenvalue weighted by atomic mass is 35.5. The van der Waals surface area contributed by atoms with Crippen molar-refractivity contribution in [2.24, 2.45) is 0 Å². The van der Waals surface area contributed by atoms with Crippen LogP contribution in [-0.4, -0.2) is 67.2 Å². The Morgan fingerprint density at radius 2 is 1.85 bits per heavy atom. The Labute approximate surface area is 244 Å². The summed E-state index contributed by atoms with van der Waals surface area (Å²) in [7, 11) is 1.54. The second-order valence-corrected chi connectivity index (χ2v) is 11.4. The number of rotatable bonds is 7. The molecule has 1 saturated heterocycles. The lowest BCUT2D eigenvalue weighted by molar-refractivity contribution is -0.140. The molecule has 10 heteroatoms. The Bertz CT molecular complexity index is 1410. The van der Waals surface area contributed by atoms with E-state index in [1.165, 1.54) is 4.57 Å². The number of morpholine rings is 1. The zero-order valence-corrected chi connectivity index (χ0v) is 24.2. The highest BCUT2D eigenvalue weighted by Gasteiger charge is 2.37. The molecule has 1 saturated carbocycles. The topological polar surface area (TPSA) is 50.7 Å². The number of ether oxygens (including phenoxy) is 2. The van der Waals surface area contributed by atoms with E-state index in [0.29, 0.717) is 27.7 Å². The van der Waals surface area contributed by atoms with Crippen molar-refractivity contribution in [1.29, 1.82) is 0 Å². The molecule has 41 heavy (non-hydrogen) atoms. The Hall–Kier alpha value is -3.06. The van der Waals surface area contributed by atoms with Crippen molar-refractivity contribution >= 4 is 33.9 Å². The maximum absolute atomic E-state index is 13.6. The Kier molecular flexibility index (Phi) is 8.93.